The van der Waals surface area contributed by atoms with E-state index in [9.17, 15) is 9.59 Å². The maximum atomic E-state index is 13.4. The maximum Gasteiger partial charge on any atom is 0.309 e. The lowest BCUT2D eigenvalue weighted by molar-refractivity contribution is -0.161. The van der Waals surface area contributed by atoms with Crippen LogP contribution in [0.25, 0.3) is 0 Å². The SMILES string of the molecule is CCCCCCCCCCCCCCCCC(C(=O)OCCCC)C(CCCCCCCCCCCCCCCC)C(=O)OCCCC. The Balaban J connectivity index is 4.60. The van der Waals surface area contributed by atoms with E-state index < -0.39 is 0 Å². The third-order valence-corrected chi connectivity index (χ3v) is 10.3. The summed E-state index contributed by atoms with van der Waals surface area (Å²) in [6.07, 6.45) is 42.1. The monoisotopic (exact) mass is 679 g/mol. The highest BCUT2D eigenvalue weighted by atomic mass is 16.5. The van der Waals surface area contributed by atoms with Gasteiger partial charge in [-0.25, -0.2) is 0 Å². The summed E-state index contributed by atoms with van der Waals surface area (Å²) in [6, 6.07) is 0. The van der Waals surface area contributed by atoms with Crippen molar-refractivity contribution < 1.29 is 19.1 Å². The number of ether oxygens (including phenoxy) is 2. The van der Waals surface area contributed by atoms with Crippen molar-refractivity contribution in [3.05, 3.63) is 0 Å². The molecule has 0 radical (unpaired) electrons. The van der Waals surface area contributed by atoms with Crippen molar-refractivity contribution in [2.75, 3.05) is 13.2 Å². The summed E-state index contributed by atoms with van der Waals surface area (Å²) >= 11 is 0. The minimum atomic E-state index is -0.365. The predicted octanol–water partition coefficient (Wildman–Crippen LogP) is 14.6. The predicted molar refractivity (Wildman–Crippen MR) is 209 cm³/mol. The van der Waals surface area contributed by atoms with E-state index in [0.717, 1.165) is 64.2 Å². The van der Waals surface area contributed by atoms with Crippen LogP contribution in [-0.4, -0.2) is 25.2 Å². The molecule has 4 heteroatoms. The van der Waals surface area contributed by atoms with Crippen molar-refractivity contribution >= 4 is 11.9 Å². The zero-order chi connectivity index (χ0) is 35.2. The summed E-state index contributed by atoms with van der Waals surface area (Å²) in [5.41, 5.74) is 0. The molecule has 0 aromatic heterocycles. The number of hydrogen-bond donors (Lipinski definition) is 0. The number of carbonyl (C=O) groups excluding carboxylic acids is 2. The van der Waals surface area contributed by atoms with E-state index in [1.54, 1.807) is 0 Å². The van der Waals surface area contributed by atoms with Gasteiger partial charge in [0.2, 0.25) is 0 Å². The smallest absolute Gasteiger partial charge is 0.309 e. The molecule has 48 heavy (non-hydrogen) atoms. The fourth-order valence-electron chi connectivity index (χ4n) is 6.93. The van der Waals surface area contributed by atoms with Gasteiger partial charge in [0.15, 0.2) is 0 Å². The number of esters is 2. The molecular formula is C44H86O4. The highest BCUT2D eigenvalue weighted by Gasteiger charge is 2.35. The van der Waals surface area contributed by atoms with Gasteiger partial charge in [-0.1, -0.05) is 220 Å². The van der Waals surface area contributed by atoms with E-state index in [1.807, 2.05) is 0 Å². The number of hydrogen-bond acceptors (Lipinski definition) is 4. The van der Waals surface area contributed by atoms with Gasteiger partial charge in [-0.3, -0.25) is 9.59 Å². The highest BCUT2D eigenvalue weighted by Crippen LogP contribution is 2.29. The molecule has 4 nitrogen and oxygen atoms in total. The fourth-order valence-corrected chi connectivity index (χ4v) is 6.93. The van der Waals surface area contributed by atoms with Gasteiger partial charge in [0.25, 0.3) is 0 Å². The Hall–Kier alpha value is -1.06. The van der Waals surface area contributed by atoms with Gasteiger partial charge in [0, 0.05) is 0 Å². The first-order valence-corrected chi connectivity index (χ1v) is 21.9. The van der Waals surface area contributed by atoms with Crippen LogP contribution in [0.5, 0.6) is 0 Å². The van der Waals surface area contributed by atoms with Crippen LogP contribution in [0.3, 0.4) is 0 Å². The largest absolute Gasteiger partial charge is 0.465 e. The maximum absolute atomic E-state index is 13.4. The van der Waals surface area contributed by atoms with Crippen molar-refractivity contribution in [2.45, 2.75) is 246 Å². The van der Waals surface area contributed by atoms with Gasteiger partial charge in [0.1, 0.15) is 0 Å². The summed E-state index contributed by atoms with van der Waals surface area (Å²) in [7, 11) is 0. The third kappa shape index (κ3) is 31.0. The molecule has 0 aromatic rings. The van der Waals surface area contributed by atoms with Crippen LogP contribution in [0.15, 0.2) is 0 Å². The second-order valence-electron chi connectivity index (χ2n) is 15.0. The Labute approximate surface area is 301 Å². The second-order valence-corrected chi connectivity index (χ2v) is 15.0. The topological polar surface area (TPSA) is 52.6 Å². The first kappa shape index (κ1) is 46.9. The third-order valence-electron chi connectivity index (χ3n) is 10.3. The van der Waals surface area contributed by atoms with E-state index in [4.69, 9.17) is 9.47 Å². The Morgan fingerprint density at radius 1 is 0.312 bits per heavy atom. The van der Waals surface area contributed by atoms with E-state index >= 15 is 0 Å². The highest BCUT2D eigenvalue weighted by molar-refractivity contribution is 5.82. The zero-order valence-electron chi connectivity index (χ0n) is 33.2. The molecule has 0 spiro atoms. The van der Waals surface area contributed by atoms with Gasteiger partial charge in [-0.2, -0.15) is 0 Å². The molecule has 0 aliphatic rings. The molecule has 0 bridgehead atoms. The van der Waals surface area contributed by atoms with Crippen molar-refractivity contribution in [3.8, 4) is 0 Å². The van der Waals surface area contributed by atoms with Crippen molar-refractivity contribution in [2.24, 2.45) is 11.8 Å². The summed E-state index contributed by atoms with van der Waals surface area (Å²) in [5, 5.41) is 0. The molecule has 2 atom stereocenters. The average Bonchev–Trinajstić information content (AvgIpc) is 3.09. The number of unbranched alkanes of at least 4 members (excludes halogenated alkanes) is 28. The molecule has 2 unspecified atom stereocenters. The number of carbonyl (C=O) groups is 2. The van der Waals surface area contributed by atoms with Crippen molar-refractivity contribution in [1.29, 1.82) is 0 Å². The zero-order valence-corrected chi connectivity index (χ0v) is 33.2. The van der Waals surface area contributed by atoms with Crippen LogP contribution in [0.1, 0.15) is 246 Å². The molecule has 0 aliphatic heterocycles. The lowest BCUT2D eigenvalue weighted by Crippen LogP contribution is -2.33. The van der Waals surface area contributed by atoms with Crippen molar-refractivity contribution in [3.63, 3.8) is 0 Å². The molecule has 0 aromatic carbocycles. The Bertz CT molecular complexity index is 606. The van der Waals surface area contributed by atoms with E-state index in [2.05, 4.69) is 27.7 Å². The summed E-state index contributed by atoms with van der Waals surface area (Å²) < 4.78 is 11.5. The Morgan fingerprint density at radius 2 is 0.521 bits per heavy atom. The first-order valence-electron chi connectivity index (χ1n) is 21.9. The van der Waals surface area contributed by atoms with Crippen LogP contribution in [-0.2, 0) is 19.1 Å². The molecule has 0 rings (SSSR count). The minimum Gasteiger partial charge on any atom is -0.465 e. The molecule has 0 amide bonds. The van der Waals surface area contributed by atoms with Gasteiger partial charge in [-0.05, 0) is 25.7 Å². The molecule has 0 aliphatic carbocycles. The van der Waals surface area contributed by atoms with E-state index in [0.29, 0.717) is 13.2 Å². The van der Waals surface area contributed by atoms with Gasteiger partial charge in [0.05, 0.1) is 25.0 Å². The van der Waals surface area contributed by atoms with Crippen LogP contribution in [0.4, 0.5) is 0 Å². The molecule has 0 heterocycles. The summed E-state index contributed by atoms with van der Waals surface area (Å²) in [4.78, 5) is 26.8. The van der Waals surface area contributed by atoms with E-state index in [1.165, 1.54) is 154 Å². The Morgan fingerprint density at radius 3 is 0.750 bits per heavy atom. The Kier molecular flexibility index (Phi) is 37.9. The average molecular weight is 679 g/mol. The fraction of sp³-hybridized carbons (Fsp3) is 0.955. The molecule has 0 saturated carbocycles. The number of rotatable bonds is 39. The van der Waals surface area contributed by atoms with Crippen molar-refractivity contribution in [1.82, 2.24) is 0 Å². The van der Waals surface area contributed by atoms with Crippen LogP contribution < -0.4 is 0 Å². The first-order chi connectivity index (χ1) is 23.6. The van der Waals surface area contributed by atoms with Crippen LogP contribution >= 0.6 is 0 Å². The van der Waals surface area contributed by atoms with Gasteiger partial charge >= 0.3 is 11.9 Å². The molecule has 0 saturated heterocycles. The lowest BCUT2D eigenvalue weighted by atomic mass is 9.83. The second kappa shape index (κ2) is 38.7. The quantitative estimate of drug-likeness (QED) is 0.0479. The molecule has 286 valence electrons. The van der Waals surface area contributed by atoms with Crippen LogP contribution in [0.2, 0.25) is 0 Å². The van der Waals surface area contributed by atoms with E-state index in [-0.39, 0.29) is 23.8 Å². The lowest BCUT2D eigenvalue weighted by Gasteiger charge is -2.25. The summed E-state index contributed by atoms with van der Waals surface area (Å²) in [6.45, 7) is 9.71. The minimum absolute atomic E-state index is 0.166. The summed E-state index contributed by atoms with van der Waals surface area (Å²) in [5.74, 6) is -1.06. The van der Waals surface area contributed by atoms with Crippen LogP contribution in [0, 0.1) is 11.8 Å². The normalized spacial score (nSPS) is 12.7. The standard InChI is InChI=1S/C44H86O4/c1-5-9-13-15-17-19-21-23-25-27-29-31-33-35-37-41(43(45)47-39-11-7-3)42(44(46)48-40-12-8-4)38-36-34-32-30-28-26-24-22-20-18-16-14-10-6-2/h41-42H,5-40H2,1-4H3. The molecular weight excluding hydrogens is 592 g/mol. The molecule has 0 fully saturated rings. The van der Waals surface area contributed by atoms with Gasteiger partial charge < -0.3 is 9.47 Å². The van der Waals surface area contributed by atoms with Gasteiger partial charge in [-0.15, -0.1) is 0 Å². The molecule has 0 N–H and O–H groups in total.